The predicted molar refractivity (Wildman–Crippen MR) is 65.4 cm³/mol. The molecule has 0 saturated carbocycles. The number of ether oxygens (including phenoxy) is 1. The van der Waals surface area contributed by atoms with E-state index in [0.29, 0.717) is 11.4 Å². The Hall–Kier alpha value is -2.37. The topological polar surface area (TPSA) is 70.2 Å². The second kappa shape index (κ2) is 4.87. The highest BCUT2D eigenvalue weighted by Gasteiger charge is 2.16. The van der Waals surface area contributed by atoms with Gasteiger partial charge in [-0.25, -0.2) is 0 Å². The normalized spacial score (nSPS) is 10.3. The molecule has 6 nitrogen and oxygen atoms in total. The molecule has 94 valence electrons. The average Bonchev–Trinajstić information content (AvgIpc) is 2.73. The van der Waals surface area contributed by atoms with Crippen LogP contribution in [0.1, 0.15) is 11.1 Å². The lowest BCUT2D eigenvalue weighted by molar-refractivity contribution is -0.385. The van der Waals surface area contributed by atoms with Gasteiger partial charge < -0.3 is 4.74 Å². The van der Waals surface area contributed by atoms with Crippen molar-refractivity contribution in [1.82, 2.24) is 9.78 Å². The molecule has 0 atom stereocenters. The van der Waals surface area contributed by atoms with Crippen LogP contribution in [-0.2, 0) is 13.7 Å². The Morgan fingerprint density at radius 2 is 2.22 bits per heavy atom. The van der Waals surface area contributed by atoms with Crippen LogP contribution in [0.3, 0.4) is 0 Å². The van der Waals surface area contributed by atoms with E-state index in [-0.39, 0.29) is 12.3 Å². The van der Waals surface area contributed by atoms with E-state index in [1.54, 1.807) is 30.1 Å². The zero-order chi connectivity index (χ0) is 13.1. The SMILES string of the molecule is Cc1cccc([N+](=O)[O-])c1COc1ccn(C)n1. The van der Waals surface area contributed by atoms with Crippen LogP contribution in [0, 0.1) is 17.0 Å². The molecule has 6 heteroatoms. The first-order valence-electron chi connectivity index (χ1n) is 5.43. The van der Waals surface area contributed by atoms with Crippen LogP contribution < -0.4 is 4.74 Å². The Balaban J connectivity index is 2.20. The molecule has 0 fully saturated rings. The molecule has 0 unspecified atom stereocenters. The zero-order valence-electron chi connectivity index (χ0n) is 10.2. The van der Waals surface area contributed by atoms with E-state index in [1.807, 2.05) is 13.0 Å². The van der Waals surface area contributed by atoms with Gasteiger partial charge in [-0.2, -0.15) is 0 Å². The van der Waals surface area contributed by atoms with E-state index in [9.17, 15) is 10.1 Å². The van der Waals surface area contributed by atoms with Crippen LogP contribution in [0.25, 0.3) is 0 Å². The lowest BCUT2D eigenvalue weighted by Crippen LogP contribution is -2.03. The summed E-state index contributed by atoms with van der Waals surface area (Å²) in [5, 5.41) is 15.0. The maximum absolute atomic E-state index is 10.9. The van der Waals surface area contributed by atoms with Crippen molar-refractivity contribution in [1.29, 1.82) is 0 Å². The minimum absolute atomic E-state index is 0.0749. The van der Waals surface area contributed by atoms with Gasteiger partial charge in [0.05, 0.1) is 10.5 Å². The number of rotatable bonds is 4. The average molecular weight is 247 g/mol. The van der Waals surface area contributed by atoms with Crippen LogP contribution in [0.15, 0.2) is 30.5 Å². The summed E-state index contributed by atoms with van der Waals surface area (Å²) in [6, 6.07) is 6.68. The fraction of sp³-hybridized carbons (Fsp3) is 0.250. The van der Waals surface area contributed by atoms with Gasteiger partial charge in [-0.1, -0.05) is 12.1 Å². The van der Waals surface area contributed by atoms with E-state index in [1.165, 1.54) is 6.07 Å². The van der Waals surface area contributed by atoms with Gasteiger partial charge in [-0.05, 0) is 12.5 Å². The monoisotopic (exact) mass is 247 g/mol. The summed E-state index contributed by atoms with van der Waals surface area (Å²) in [4.78, 5) is 10.5. The number of benzene rings is 1. The summed E-state index contributed by atoms with van der Waals surface area (Å²) in [5.41, 5.74) is 1.49. The van der Waals surface area contributed by atoms with Crippen LogP contribution in [0.4, 0.5) is 5.69 Å². The Labute approximate surface area is 104 Å². The number of hydrogen-bond donors (Lipinski definition) is 0. The summed E-state index contributed by atoms with van der Waals surface area (Å²) in [7, 11) is 1.78. The Bertz CT molecular complexity index is 578. The van der Waals surface area contributed by atoms with E-state index < -0.39 is 4.92 Å². The van der Waals surface area contributed by atoms with Crippen molar-refractivity contribution in [3.8, 4) is 5.88 Å². The van der Waals surface area contributed by atoms with Crippen molar-refractivity contribution < 1.29 is 9.66 Å². The first-order chi connectivity index (χ1) is 8.58. The van der Waals surface area contributed by atoms with Gasteiger partial charge in [0, 0.05) is 25.4 Å². The summed E-state index contributed by atoms with van der Waals surface area (Å²) < 4.78 is 7.06. The smallest absolute Gasteiger partial charge is 0.276 e. The first kappa shape index (κ1) is 12.1. The minimum Gasteiger partial charge on any atom is -0.471 e. The number of hydrogen-bond acceptors (Lipinski definition) is 4. The number of nitro groups is 1. The predicted octanol–water partition coefficient (Wildman–Crippen LogP) is 2.22. The number of aryl methyl sites for hydroxylation is 2. The fourth-order valence-electron chi connectivity index (χ4n) is 1.66. The summed E-state index contributed by atoms with van der Waals surface area (Å²) in [5.74, 6) is 0.454. The number of nitrogens with zero attached hydrogens (tertiary/aromatic N) is 3. The third-order valence-corrected chi connectivity index (χ3v) is 2.64. The molecule has 0 spiro atoms. The second-order valence-electron chi connectivity index (χ2n) is 3.95. The molecule has 1 heterocycles. The molecular formula is C12H13N3O3. The van der Waals surface area contributed by atoms with Gasteiger partial charge >= 0.3 is 0 Å². The van der Waals surface area contributed by atoms with Gasteiger partial charge in [-0.15, -0.1) is 5.10 Å². The maximum atomic E-state index is 10.9. The molecule has 0 N–H and O–H groups in total. The molecular weight excluding hydrogens is 234 g/mol. The van der Waals surface area contributed by atoms with Crippen LogP contribution in [-0.4, -0.2) is 14.7 Å². The zero-order valence-corrected chi connectivity index (χ0v) is 10.2. The maximum Gasteiger partial charge on any atom is 0.276 e. The first-order valence-corrected chi connectivity index (χ1v) is 5.43. The quantitative estimate of drug-likeness (QED) is 0.613. The van der Waals surface area contributed by atoms with E-state index >= 15 is 0 Å². The molecule has 2 aromatic rings. The molecule has 1 aromatic heterocycles. The van der Waals surface area contributed by atoms with Crippen LogP contribution in [0.5, 0.6) is 5.88 Å². The van der Waals surface area contributed by atoms with Crippen LogP contribution in [0.2, 0.25) is 0 Å². The van der Waals surface area contributed by atoms with Crippen molar-refractivity contribution in [2.24, 2.45) is 7.05 Å². The molecule has 18 heavy (non-hydrogen) atoms. The standard InChI is InChI=1S/C12H13N3O3/c1-9-4-3-5-11(15(16)17)10(9)8-18-12-6-7-14(2)13-12/h3-7H,8H2,1-2H3. The number of aromatic nitrogens is 2. The Kier molecular flexibility index (Phi) is 3.27. The van der Waals surface area contributed by atoms with Crippen molar-refractivity contribution in [2.75, 3.05) is 0 Å². The summed E-state index contributed by atoms with van der Waals surface area (Å²) in [6.07, 6.45) is 1.75. The summed E-state index contributed by atoms with van der Waals surface area (Å²) in [6.45, 7) is 1.96. The second-order valence-corrected chi connectivity index (χ2v) is 3.95. The highest BCUT2D eigenvalue weighted by Crippen LogP contribution is 2.23. The molecule has 0 bridgehead atoms. The van der Waals surface area contributed by atoms with Crippen LogP contribution >= 0.6 is 0 Å². The highest BCUT2D eigenvalue weighted by atomic mass is 16.6. The van der Waals surface area contributed by atoms with E-state index in [2.05, 4.69) is 5.10 Å². The molecule has 0 radical (unpaired) electrons. The molecule has 1 aromatic carbocycles. The molecule has 2 rings (SSSR count). The van der Waals surface area contributed by atoms with Gasteiger partial charge in [0.1, 0.15) is 6.61 Å². The molecule has 0 aliphatic carbocycles. The molecule has 0 aliphatic heterocycles. The van der Waals surface area contributed by atoms with Gasteiger partial charge in [0.15, 0.2) is 0 Å². The van der Waals surface area contributed by atoms with Gasteiger partial charge in [0.25, 0.3) is 5.69 Å². The van der Waals surface area contributed by atoms with Crippen molar-refractivity contribution in [3.63, 3.8) is 0 Å². The summed E-state index contributed by atoms with van der Waals surface area (Å²) >= 11 is 0. The van der Waals surface area contributed by atoms with Gasteiger partial charge in [-0.3, -0.25) is 14.8 Å². The minimum atomic E-state index is -0.399. The van der Waals surface area contributed by atoms with Crippen molar-refractivity contribution in [2.45, 2.75) is 13.5 Å². The lowest BCUT2D eigenvalue weighted by Gasteiger charge is -2.07. The van der Waals surface area contributed by atoms with Crippen molar-refractivity contribution >= 4 is 5.69 Å². The largest absolute Gasteiger partial charge is 0.471 e. The third-order valence-electron chi connectivity index (χ3n) is 2.64. The molecule has 0 aliphatic rings. The lowest BCUT2D eigenvalue weighted by atomic mass is 10.1. The Morgan fingerprint density at radius 3 is 2.83 bits per heavy atom. The van der Waals surface area contributed by atoms with E-state index in [4.69, 9.17) is 4.74 Å². The van der Waals surface area contributed by atoms with Crippen molar-refractivity contribution in [3.05, 3.63) is 51.7 Å². The fourth-order valence-corrected chi connectivity index (χ4v) is 1.66. The van der Waals surface area contributed by atoms with E-state index in [0.717, 1.165) is 5.56 Å². The third kappa shape index (κ3) is 2.48. The highest BCUT2D eigenvalue weighted by molar-refractivity contribution is 5.44. The van der Waals surface area contributed by atoms with Gasteiger partial charge in [0.2, 0.25) is 5.88 Å². The number of nitro benzene ring substituents is 1. The molecule has 0 saturated heterocycles. The Morgan fingerprint density at radius 1 is 1.44 bits per heavy atom. The molecule has 0 amide bonds.